The summed E-state index contributed by atoms with van der Waals surface area (Å²) in [6, 6.07) is 0. The molecule has 0 saturated carbocycles. The van der Waals surface area contributed by atoms with Gasteiger partial charge in [0.1, 0.15) is 0 Å². The molecule has 1 aromatic rings. The third-order valence-corrected chi connectivity index (χ3v) is 2.65. The van der Waals surface area contributed by atoms with Crippen molar-refractivity contribution in [1.82, 2.24) is 10.2 Å². The van der Waals surface area contributed by atoms with Crippen molar-refractivity contribution in [3.05, 3.63) is 11.3 Å². The van der Waals surface area contributed by atoms with E-state index >= 15 is 0 Å². The van der Waals surface area contributed by atoms with Gasteiger partial charge in [-0.2, -0.15) is 5.10 Å². The quantitative estimate of drug-likeness (QED) is 0.713. The molecule has 0 aliphatic heterocycles. The predicted octanol–water partition coefficient (Wildman–Crippen LogP) is 1.35. The summed E-state index contributed by atoms with van der Waals surface area (Å²) in [6.45, 7) is 1.55. The van der Waals surface area contributed by atoms with Gasteiger partial charge in [0.2, 0.25) is 0 Å². The van der Waals surface area contributed by atoms with Crippen LogP contribution in [0.1, 0.15) is 24.1 Å². The number of H-pyrrole nitrogens is 1. The van der Waals surface area contributed by atoms with Crippen molar-refractivity contribution in [3.63, 3.8) is 0 Å². The van der Waals surface area contributed by atoms with E-state index < -0.39 is 0 Å². The number of aromatic amines is 1. The molecule has 1 aliphatic rings. The lowest BCUT2D eigenvalue weighted by Crippen LogP contribution is -2.10. The summed E-state index contributed by atoms with van der Waals surface area (Å²) in [4.78, 5) is 0. The van der Waals surface area contributed by atoms with Gasteiger partial charge in [-0.1, -0.05) is 0 Å². The van der Waals surface area contributed by atoms with Crippen LogP contribution in [-0.4, -0.2) is 30.5 Å². The van der Waals surface area contributed by atoms with Crippen LogP contribution in [0.5, 0.6) is 0 Å². The molecule has 4 nitrogen and oxygen atoms in total. The van der Waals surface area contributed by atoms with Crippen molar-refractivity contribution in [1.29, 1.82) is 0 Å². The molecule has 1 aliphatic carbocycles. The first-order valence-corrected chi connectivity index (χ1v) is 5.20. The highest BCUT2D eigenvalue weighted by atomic mass is 16.5. The van der Waals surface area contributed by atoms with Crippen LogP contribution in [-0.2, 0) is 17.6 Å². The standard InChI is InChI=1S/C10H17N3O/c1-14-7-6-11-10-8-4-2-3-5-9(8)12-13-10/h2-7H2,1H3,(H2,11,12,13). The fraction of sp³-hybridized carbons (Fsp3) is 0.700. The van der Waals surface area contributed by atoms with Crippen molar-refractivity contribution in [2.24, 2.45) is 0 Å². The number of rotatable bonds is 4. The Morgan fingerprint density at radius 1 is 1.43 bits per heavy atom. The van der Waals surface area contributed by atoms with Crippen LogP contribution in [0.25, 0.3) is 0 Å². The van der Waals surface area contributed by atoms with E-state index in [-0.39, 0.29) is 0 Å². The molecule has 0 unspecified atom stereocenters. The number of hydrogen-bond donors (Lipinski definition) is 2. The smallest absolute Gasteiger partial charge is 0.151 e. The van der Waals surface area contributed by atoms with E-state index in [2.05, 4.69) is 15.5 Å². The molecule has 2 N–H and O–H groups in total. The van der Waals surface area contributed by atoms with Crippen LogP contribution < -0.4 is 5.32 Å². The zero-order chi connectivity index (χ0) is 9.80. The first kappa shape index (κ1) is 9.52. The Bertz CT molecular complexity index is 296. The molecule has 0 radical (unpaired) electrons. The highest BCUT2D eigenvalue weighted by Crippen LogP contribution is 2.24. The van der Waals surface area contributed by atoms with Gasteiger partial charge in [0.05, 0.1) is 6.61 Å². The van der Waals surface area contributed by atoms with Crippen molar-refractivity contribution in [2.45, 2.75) is 25.7 Å². The zero-order valence-corrected chi connectivity index (χ0v) is 8.60. The summed E-state index contributed by atoms with van der Waals surface area (Å²) in [5.41, 5.74) is 2.70. The van der Waals surface area contributed by atoms with Crippen LogP contribution in [0, 0.1) is 0 Å². The molecule has 0 amide bonds. The highest BCUT2D eigenvalue weighted by molar-refractivity contribution is 5.47. The van der Waals surface area contributed by atoms with Gasteiger partial charge in [0.15, 0.2) is 5.82 Å². The minimum atomic E-state index is 0.724. The number of aryl methyl sites for hydroxylation is 1. The molecule has 0 spiro atoms. The summed E-state index contributed by atoms with van der Waals surface area (Å²) in [5.74, 6) is 1.02. The number of ether oxygens (including phenoxy) is 1. The van der Waals surface area contributed by atoms with Crippen molar-refractivity contribution in [2.75, 3.05) is 25.6 Å². The number of methoxy groups -OCH3 is 1. The van der Waals surface area contributed by atoms with E-state index in [1.807, 2.05) is 0 Å². The first-order valence-electron chi connectivity index (χ1n) is 5.20. The summed E-state index contributed by atoms with van der Waals surface area (Å²) >= 11 is 0. The van der Waals surface area contributed by atoms with Gasteiger partial charge in [-0.05, 0) is 25.7 Å². The lowest BCUT2D eigenvalue weighted by atomic mass is 9.97. The number of aromatic nitrogens is 2. The maximum Gasteiger partial charge on any atom is 0.151 e. The van der Waals surface area contributed by atoms with Gasteiger partial charge < -0.3 is 10.1 Å². The van der Waals surface area contributed by atoms with E-state index in [4.69, 9.17) is 4.74 Å². The Balaban J connectivity index is 1.99. The average Bonchev–Trinajstić information content (AvgIpc) is 2.63. The van der Waals surface area contributed by atoms with Crippen molar-refractivity contribution in [3.8, 4) is 0 Å². The molecule has 0 fully saturated rings. The molecule has 0 aromatic carbocycles. The minimum absolute atomic E-state index is 0.724. The van der Waals surface area contributed by atoms with Crippen LogP contribution >= 0.6 is 0 Å². The zero-order valence-electron chi connectivity index (χ0n) is 8.60. The summed E-state index contributed by atoms with van der Waals surface area (Å²) < 4.78 is 4.98. The third kappa shape index (κ3) is 1.90. The Hall–Kier alpha value is -1.03. The van der Waals surface area contributed by atoms with Crippen molar-refractivity contribution >= 4 is 5.82 Å². The van der Waals surface area contributed by atoms with Crippen LogP contribution in [0.4, 0.5) is 5.82 Å². The Labute approximate surface area is 84.0 Å². The fourth-order valence-corrected chi connectivity index (χ4v) is 1.90. The second-order valence-corrected chi connectivity index (χ2v) is 3.66. The van der Waals surface area contributed by atoms with Crippen LogP contribution in [0.15, 0.2) is 0 Å². The third-order valence-electron chi connectivity index (χ3n) is 2.65. The minimum Gasteiger partial charge on any atom is -0.383 e. The van der Waals surface area contributed by atoms with Crippen LogP contribution in [0.3, 0.4) is 0 Å². The van der Waals surface area contributed by atoms with Crippen molar-refractivity contribution < 1.29 is 4.74 Å². The topological polar surface area (TPSA) is 49.9 Å². The fourth-order valence-electron chi connectivity index (χ4n) is 1.90. The van der Waals surface area contributed by atoms with Gasteiger partial charge in [-0.15, -0.1) is 0 Å². The molecule has 78 valence electrons. The van der Waals surface area contributed by atoms with E-state index in [1.54, 1.807) is 7.11 Å². The molecule has 14 heavy (non-hydrogen) atoms. The lowest BCUT2D eigenvalue weighted by Gasteiger charge is -2.11. The van der Waals surface area contributed by atoms with Gasteiger partial charge in [-0.3, -0.25) is 5.10 Å². The molecule has 2 rings (SSSR count). The molecule has 0 saturated heterocycles. The number of nitrogens with one attached hydrogen (secondary N) is 2. The summed E-state index contributed by atoms with van der Waals surface area (Å²) in [5, 5.41) is 10.7. The van der Waals surface area contributed by atoms with E-state index in [0.29, 0.717) is 0 Å². The molecular weight excluding hydrogens is 178 g/mol. The average molecular weight is 195 g/mol. The van der Waals surface area contributed by atoms with Gasteiger partial charge in [0, 0.05) is 24.9 Å². The summed E-state index contributed by atoms with van der Waals surface area (Å²) in [6.07, 6.45) is 4.87. The molecular formula is C10H17N3O. The van der Waals surface area contributed by atoms with Gasteiger partial charge in [-0.25, -0.2) is 0 Å². The Morgan fingerprint density at radius 2 is 2.29 bits per heavy atom. The maximum absolute atomic E-state index is 4.98. The number of hydrogen-bond acceptors (Lipinski definition) is 3. The predicted molar refractivity (Wildman–Crippen MR) is 55.6 cm³/mol. The molecule has 4 heteroatoms. The lowest BCUT2D eigenvalue weighted by molar-refractivity contribution is 0.210. The largest absolute Gasteiger partial charge is 0.383 e. The Morgan fingerprint density at radius 3 is 3.14 bits per heavy atom. The second kappa shape index (κ2) is 4.46. The Kier molecular flexibility index (Phi) is 3.03. The molecule has 1 aromatic heterocycles. The second-order valence-electron chi connectivity index (χ2n) is 3.66. The van der Waals surface area contributed by atoms with E-state index in [0.717, 1.165) is 31.8 Å². The first-order chi connectivity index (χ1) is 6.92. The molecule has 0 bridgehead atoms. The summed E-state index contributed by atoms with van der Waals surface area (Å²) in [7, 11) is 1.71. The van der Waals surface area contributed by atoms with E-state index in [1.165, 1.54) is 24.1 Å². The number of anilines is 1. The molecule has 0 atom stereocenters. The number of nitrogens with zero attached hydrogens (tertiary/aromatic N) is 1. The molecule has 1 heterocycles. The van der Waals surface area contributed by atoms with Gasteiger partial charge in [0.25, 0.3) is 0 Å². The monoisotopic (exact) mass is 195 g/mol. The maximum atomic E-state index is 4.98. The van der Waals surface area contributed by atoms with E-state index in [9.17, 15) is 0 Å². The number of fused-ring (bicyclic) bond motifs is 1. The highest BCUT2D eigenvalue weighted by Gasteiger charge is 2.15. The SMILES string of the molecule is COCCNc1n[nH]c2c1CCCC2. The normalized spacial score (nSPS) is 15.2. The van der Waals surface area contributed by atoms with Crippen LogP contribution in [0.2, 0.25) is 0 Å². The van der Waals surface area contributed by atoms with Gasteiger partial charge >= 0.3 is 0 Å².